The monoisotopic (exact) mass is 335 g/mol. The van der Waals surface area contributed by atoms with Gasteiger partial charge in [0, 0.05) is 31.1 Å². The Morgan fingerprint density at radius 3 is 2.57 bits per heavy atom. The summed E-state index contributed by atoms with van der Waals surface area (Å²) >= 11 is 1.86. The molecule has 1 aromatic rings. The van der Waals surface area contributed by atoms with E-state index in [4.69, 9.17) is 4.98 Å². The van der Waals surface area contributed by atoms with Gasteiger partial charge in [0.2, 0.25) is 0 Å². The van der Waals surface area contributed by atoms with Crippen LogP contribution in [0.4, 0.5) is 0 Å². The maximum atomic E-state index is 4.85. The molecule has 3 rings (SSSR count). The van der Waals surface area contributed by atoms with Crippen molar-refractivity contribution in [1.82, 2.24) is 14.8 Å². The molecule has 0 N–H and O–H groups in total. The van der Waals surface area contributed by atoms with Crippen molar-refractivity contribution >= 4 is 11.3 Å². The fourth-order valence-corrected chi connectivity index (χ4v) is 4.71. The zero-order valence-corrected chi connectivity index (χ0v) is 15.8. The highest BCUT2D eigenvalue weighted by Gasteiger charge is 2.25. The number of aromatic nitrogens is 1. The van der Waals surface area contributed by atoms with Crippen molar-refractivity contribution in [1.29, 1.82) is 0 Å². The first-order valence-electron chi connectivity index (χ1n) is 9.60. The highest BCUT2D eigenvalue weighted by atomic mass is 32.1. The maximum absolute atomic E-state index is 4.85. The molecule has 23 heavy (non-hydrogen) atoms. The molecular weight excluding hydrogens is 302 g/mol. The van der Waals surface area contributed by atoms with E-state index in [-0.39, 0.29) is 0 Å². The van der Waals surface area contributed by atoms with Crippen molar-refractivity contribution in [3.8, 4) is 0 Å². The molecule has 0 spiro atoms. The minimum Gasteiger partial charge on any atom is -0.300 e. The van der Waals surface area contributed by atoms with E-state index in [1.54, 1.807) is 0 Å². The number of rotatable bonds is 6. The number of nitrogens with zero attached hydrogens (tertiary/aromatic N) is 3. The second-order valence-electron chi connectivity index (χ2n) is 7.77. The van der Waals surface area contributed by atoms with Gasteiger partial charge in [-0.25, -0.2) is 4.98 Å². The topological polar surface area (TPSA) is 19.4 Å². The fourth-order valence-electron chi connectivity index (χ4n) is 3.90. The van der Waals surface area contributed by atoms with Crippen molar-refractivity contribution in [3.63, 3.8) is 0 Å². The summed E-state index contributed by atoms with van der Waals surface area (Å²) in [5.74, 6) is 0.774. The van der Waals surface area contributed by atoms with Crippen LogP contribution in [0.1, 0.15) is 63.1 Å². The molecule has 0 aromatic carbocycles. The summed E-state index contributed by atoms with van der Waals surface area (Å²) in [5.41, 5.74) is 1.30. The van der Waals surface area contributed by atoms with Crippen molar-refractivity contribution in [2.24, 2.45) is 5.92 Å². The minimum absolute atomic E-state index is 0.774. The van der Waals surface area contributed by atoms with E-state index in [1.165, 1.54) is 75.4 Å². The van der Waals surface area contributed by atoms with Crippen molar-refractivity contribution in [2.45, 2.75) is 71.4 Å². The van der Waals surface area contributed by atoms with Gasteiger partial charge in [-0.3, -0.25) is 4.90 Å². The minimum atomic E-state index is 0.774. The molecule has 0 aliphatic carbocycles. The Morgan fingerprint density at radius 2 is 1.87 bits per heavy atom. The molecule has 3 nitrogen and oxygen atoms in total. The Labute approximate surface area is 146 Å². The third-order valence-corrected chi connectivity index (χ3v) is 6.34. The number of hydrogen-bond acceptors (Lipinski definition) is 4. The van der Waals surface area contributed by atoms with E-state index in [0.717, 1.165) is 24.9 Å². The molecule has 0 amide bonds. The van der Waals surface area contributed by atoms with Crippen LogP contribution in [0, 0.1) is 5.92 Å². The average Bonchev–Trinajstić information content (AvgIpc) is 3.02. The molecule has 0 atom stereocenters. The highest BCUT2D eigenvalue weighted by Crippen LogP contribution is 2.22. The van der Waals surface area contributed by atoms with Crippen LogP contribution in [0.3, 0.4) is 0 Å². The van der Waals surface area contributed by atoms with E-state index in [0.29, 0.717) is 0 Å². The number of hydrogen-bond donors (Lipinski definition) is 0. The van der Waals surface area contributed by atoms with Crippen molar-refractivity contribution in [3.05, 3.63) is 16.1 Å². The van der Waals surface area contributed by atoms with Gasteiger partial charge in [0.1, 0.15) is 0 Å². The highest BCUT2D eigenvalue weighted by molar-refractivity contribution is 7.09. The summed E-state index contributed by atoms with van der Waals surface area (Å²) in [6.45, 7) is 10.8. The molecule has 3 heterocycles. The van der Waals surface area contributed by atoms with Crippen LogP contribution in [-0.2, 0) is 13.0 Å². The summed E-state index contributed by atoms with van der Waals surface area (Å²) in [6.07, 6.45) is 9.39. The predicted molar refractivity (Wildman–Crippen MR) is 99.0 cm³/mol. The van der Waals surface area contributed by atoms with Crippen LogP contribution in [0.2, 0.25) is 0 Å². The summed E-state index contributed by atoms with van der Waals surface area (Å²) in [5, 5.41) is 3.61. The van der Waals surface area contributed by atoms with Crippen LogP contribution < -0.4 is 0 Å². The van der Waals surface area contributed by atoms with Gasteiger partial charge in [0.15, 0.2) is 0 Å². The molecule has 1 aromatic heterocycles. The third-order valence-electron chi connectivity index (χ3n) is 5.38. The van der Waals surface area contributed by atoms with Gasteiger partial charge >= 0.3 is 0 Å². The lowest BCUT2D eigenvalue weighted by Gasteiger charge is -2.40. The molecule has 2 saturated heterocycles. The van der Waals surface area contributed by atoms with Gasteiger partial charge in [-0.15, -0.1) is 11.3 Å². The quantitative estimate of drug-likeness (QED) is 0.777. The largest absolute Gasteiger partial charge is 0.300 e. The lowest BCUT2D eigenvalue weighted by molar-refractivity contribution is 0.0892. The summed E-state index contributed by atoms with van der Waals surface area (Å²) in [7, 11) is 0. The molecule has 0 saturated carbocycles. The van der Waals surface area contributed by atoms with E-state index < -0.39 is 0 Å². The number of likely N-dealkylation sites (tertiary alicyclic amines) is 2. The van der Waals surface area contributed by atoms with Gasteiger partial charge in [0.05, 0.1) is 10.7 Å². The zero-order chi connectivity index (χ0) is 16.1. The lowest BCUT2D eigenvalue weighted by Crippen LogP contribution is -2.46. The fraction of sp³-hybridized carbons (Fsp3) is 0.842. The first-order valence-corrected chi connectivity index (χ1v) is 10.5. The normalized spacial score (nSPS) is 22.0. The summed E-state index contributed by atoms with van der Waals surface area (Å²) < 4.78 is 0. The average molecular weight is 336 g/mol. The molecule has 0 unspecified atom stereocenters. The van der Waals surface area contributed by atoms with E-state index in [9.17, 15) is 0 Å². The summed E-state index contributed by atoms with van der Waals surface area (Å²) in [6, 6.07) is 0.851. The molecule has 2 fully saturated rings. The summed E-state index contributed by atoms with van der Waals surface area (Å²) in [4.78, 5) is 10.2. The first-order chi connectivity index (χ1) is 11.2. The SMILES string of the molecule is CC(C)CCc1nc(CN2CCC(N3CCCCC3)CC2)cs1. The van der Waals surface area contributed by atoms with Gasteiger partial charge in [-0.1, -0.05) is 20.3 Å². The molecule has 4 heteroatoms. The third kappa shape index (κ3) is 5.27. The molecular formula is C19H33N3S. The first kappa shape index (κ1) is 17.4. The van der Waals surface area contributed by atoms with Gasteiger partial charge in [0.25, 0.3) is 0 Å². The number of aryl methyl sites for hydroxylation is 1. The Bertz CT molecular complexity index is 457. The van der Waals surface area contributed by atoms with Gasteiger partial charge in [-0.2, -0.15) is 0 Å². The molecule has 130 valence electrons. The second kappa shape index (κ2) is 8.59. The second-order valence-corrected chi connectivity index (χ2v) is 8.71. The standard InChI is InChI=1S/C19H33N3S/c1-16(2)6-7-19-20-17(15-23-19)14-21-12-8-18(9-13-21)22-10-4-3-5-11-22/h15-16,18H,3-14H2,1-2H3. The van der Waals surface area contributed by atoms with Gasteiger partial charge in [-0.05, 0) is 57.5 Å². The van der Waals surface area contributed by atoms with Crippen LogP contribution in [0.25, 0.3) is 0 Å². The van der Waals surface area contributed by atoms with Crippen LogP contribution in [0.5, 0.6) is 0 Å². The molecule has 0 bridgehead atoms. The van der Waals surface area contributed by atoms with Crippen LogP contribution in [0.15, 0.2) is 5.38 Å². The Morgan fingerprint density at radius 1 is 1.13 bits per heavy atom. The van der Waals surface area contributed by atoms with Gasteiger partial charge < -0.3 is 4.90 Å². The van der Waals surface area contributed by atoms with Crippen LogP contribution in [-0.4, -0.2) is 47.0 Å². The molecule has 2 aliphatic heterocycles. The maximum Gasteiger partial charge on any atom is 0.0928 e. The molecule has 2 aliphatic rings. The van der Waals surface area contributed by atoms with Crippen molar-refractivity contribution < 1.29 is 0 Å². The zero-order valence-electron chi connectivity index (χ0n) is 15.0. The van der Waals surface area contributed by atoms with E-state index >= 15 is 0 Å². The van der Waals surface area contributed by atoms with E-state index in [2.05, 4.69) is 29.0 Å². The van der Waals surface area contributed by atoms with Crippen LogP contribution >= 0.6 is 11.3 Å². The number of thiazole rings is 1. The number of piperidine rings is 2. The Balaban J connectivity index is 1.41. The molecule has 0 radical (unpaired) electrons. The smallest absolute Gasteiger partial charge is 0.0928 e. The van der Waals surface area contributed by atoms with E-state index in [1.807, 2.05) is 11.3 Å². The predicted octanol–water partition coefficient (Wildman–Crippen LogP) is 4.18. The lowest BCUT2D eigenvalue weighted by atomic mass is 10.00. The Hall–Kier alpha value is -0.450. The Kier molecular flexibility index (Phi) is 6.49. The van der Waals surface area contributed by atoms with Crippen molar-refractivity contribution in [2.75, 3.05) is 26.2 Å².